The van der Waals surface area contributed by atoms with Crippen LogP contribution in [0.4, 0.5) is 0 Å². The van der Waals surface area contributed by atoms with Gasteiger partial charge in [0.2, 0.25) is 0 Å². The van der Waals surface area contributed by atoms with Gasteiger partial charge in [0.05, 0.1) is 5.69 Å². The van der Waals surface area contributed by atoms with Crippen molar-refractivity contribution in [1.82, 2.24) is 15.0 Å². The van der Waals surface area contributed by atoms with Crippen LogP contribution in [0.3, 0.4) is 0 Å². The minimum Gasteiger partial charge on any atom is -0.662 e. The molecule has 3 nitrogen and oxygen atoms in total. The Balaban J connectivity index is 0.00000353. The van der Waals surface area contributed by atoms with Crippen LogP contribution in [0.25, 0.3) is 55.4 Å². The molecule has 0 spiro atoms. The van der Waals surface area contributed by atoms with Gasteiger partial charge in [0.25, 0.3) is 0 Å². The summed E-state index contributed by atoms with van der Waals surface area (Å²) in [6.45, 7) is 17.8. The standard InChI is InChI=1S/C38H37N3.Pt/c1-23-16-24(2)40-34(17-23)26-13-11-12-25(18-26)29-19-27(37(3,4)5)20-30-31-21-28(38(6,7)8)22-32(36(31)41-35(29)30)33-14-9-10-15-39-33;/h9-17,19-22H,1-8H3;/q-2;+2. The normalized spacial score (nSPS) is 12.1. The van der Waals surface area contributed by atoms with Crippen molar-refractivity contribution in [3.05, 3.63) is 107 Å². The summed E-state index contributed by atoms with van der Waals surface area (Å²) in [7, 11) is 0. The fraction of sp³-hybridized carbons (Fsp3) is 0.263. The number of hydrogen-bond acceptors (Lipinski definition) is 2. The average molecular weight is 731 g/mol. The van der Waals surface area contributed by atoms with E-state index >= 15 is 0 Å². The Morgan fingerprint density at radius 1 is 0.643 bits per heavy atom. The molecule has 0 fully saturated rings. The largest absolute Gasteiger partial charge is 2.00 e. The second kappa shape index (κ2) is 10.9. The molecule has 3 aromatic heterocycles. The van der Waals surface area contributed by atoms with Crippen molar-refractivity contribution in [1.29, 1.82) is 0 Å². The summed E-state index contributed by atoms with van der Waals surface area (Å²) in [4.78, 5) is 14.9. The number of pyridine rings is 2. The Morgan fingerprint density at radius 2 is 1.26 bits per heavy atom. The van der Waals surface area contributed by atoms with Gasteiger partial charge < -0.3 is 4.98 Å². The quantitative estimate of drug-likeness (QED) is 0.170. The molecule has 0 amide bonds. The first-order valence-electron chi connectivity index (χ1n) is 14.4. The Kier molecular flexibility index (Phi) is 7.79. The second-order valence-corrected chi connectivity index (χ2v) is 13.3. The minimum atomic E-state index is -0.0369. The molecular weight excluding hydrogens is 694 g/mol. The second-order valence-electron chi connectivity index (χ2n) is 13.3. The van der Waals surface area contributed by atoms with Crippen LogP contribution < -0.4 is 4.98 Å². The van der Waals surface area contributed by atoms with Crippen molar-refractivity contribution in [2.45, 2.75) is 66.2 Å². The van der Waals surface area contributed by atoms with Crippen LogP contribution in [0.1, 0.15) is 63.9 Å². The monoisotopic (exact) mass is 730 g/mol. The van der Waals surface area contributed by atoms with Gasteiger partial charge in [-0.3, -0.25) is 9.97 Å². The van der Waals surface area contributed by atoms with Crippen LogP contribution in [-0.2, 0) is 31.9 Å². The zero-order valence-electron chi connectivity index (χ0n) is 25.7. The minimum absolute atomic E-state index is 0. The van der Waals surface area contributed by atoms with Crippen LogP contribution in [0, 0.1) is 19.9 Å². The maximum Gasteiger partial charge on any atom is 2.00 e. The molecule has 4 heteroatoms. The first-order valence-corrected chi connectivity index (χ1v) is 14.4. The van der Waals surface area contributed by atoms with Crippen LogP contribution in [0.2, 0.25) is 0 Å². The molecule has 0 radical (unpaired) electrons. The van der Waals surface area contributed by atoms with Gasteiger partial charge in [-0.25, -0.2) is 0 Å². The number of aryl methyl sites for hydroxylation is 2. The predicted octanol–water partition coefficient (Wildman–Crippen LogP) is 9.75. The maximum atomic E-state index is 5.37. The molecule has 0 bridgehead atoms. The average Bonchev–Trinajstić information content (AvgIpc) is 3.30. The van der Waals surface area contributed by atoms with Crippen molar-refractivity contribution in [2.24, 2.45) is 0 Å². The van der Waals surface area contributed by atoms with Crippen LogP contribution in [-0.4, -0.2) is 9.97 Å². The summed E-state index contributed by atoms with van der Waals surface area (Å²) >= 11 is 0. The van der Waals surface area contributed by atoms with Gasteiger partial charge in [-0.05, 0) is 70.3 Å². The van der Waals surface area contributed by atoms with E-state index in [-0.39, 0.29) is 31.9 Å². The van der Waals surface area contributed by atoms with Gasteiger partial charge in [0, 0.05) is 17.6 Å². The number of benzene rings is 3. The molecule has 0 saturated carbocycles. The zero-order valence-corrected chi connectivity index (χ0v) is 27.9. The molecular formula is C38H37N3Pt. The van der Waals surface area contributed by atoms with Crippen LogP contribution in [0.5, 0.6) is 0 Å². The molecule has 0 saturated heterocycles. The van der Waals surface area contributed by atoms with Crippen molar-refractivity contribution >= 4 is 21.8 Å². The number of aromatic nitrogens is 3. The van der Waals surface area contributed by atoms with Crippen molar-refractivity contribution in [2.75, 3.05) is 0 Å². The molecule has 0 N–H and O–H groups in total. The van der Waals surface area contributed by atoms with Gasteiger partial charge in [0.15, 0.2) is 0 Å². The fourth-order valence-electron chi connectivity index (χ4n) is 5.58. The van der Waals surface area contributed by atoms with E-state index in [2.05, 4.69) is 115 Å². The summed E-state index contributed by atoms with van der Waals surface area (Å²) in [6, 6.07) is 29.7. The molecule has 3 heterocycles. The first-order chi connectivity index (χ1) is 19.4. The Hall–Kier alpha value is -3.55. The van der Waals surface area contributed by atoms with Crippen molar-refractivity contribution < 1.29 is 21.1 Å². The number of hydrogen-bond donors (Lipinski definition) is 0. The molecule has 6 aromatic rings. The Bertz CT molecular complexity index is 1900. The Labute approximate surface area is 264 Å². The summed E-state index contributed by atoms with van der Waals surface area (Å²) < 4.78 is 0. The summed E-state index contributed by atoms with van der Waals surface area (Å²) in [5, 5.41) is 2.35. The molecule has 0 aliphatic carbocycles. The van der Waals surface area contributed by atoms with Crippen LogP contribution in [0.15, 0.2) is 79.0 Å². The molecule has 0 unspecified atom stereocenters. The van der Waals surface area contributed by atoms with Gasteiger partial charge in [-0.2, -0.15) is 5.52 Å². The maximum absolute atomic E-state index is 5.37. The van der Waals surface area contributed by atoms with Crippen LogP contribution >= 0.6 is 0 Å². The van der Waals surface area contributed by atoms with Crippen molar-refractivity contribution in [3.8, 4) is 33.6 Å². The van der Waals surface area contributed by atoms with E-state index in [0.717, 1.165) is 50.4 Å². The van der Waals surface area contributed by atoms with E-state index in [1.165, 1.54) is 27.5 Å². The summed E-state index contributed by atoms with van der Waals surface area (Å²) in [6.07, 6.45) is 1.86. The van der Waals surface area contributed by atoms with Crippen molar-refractivity contribution in [3.63, 3.8) is 0 Å². The molecule has 0 atom stereocenters. The summed E-state index contributed by atoms with van der Waals surface area (Å²) in [5.41, 5.74) is 12.8. The number of fused-ring (bicyclic) bond motifs is 3. The molecule has 0 aliphatic heterocycles. The Morgan fingerprint density at radius 3 is 1.86 bits per heavy atom. The molecule has 3 aromatic carbocycles. The van der Waals surface area contributed by atoms with E-state index in [9.17, 15) is 0 Å². The third-order valence-corrected chi connectivity index (χ3v) is 7.87. The molecule has 0 aliphatic rings. The number of rotatable bonds is 3. The third kappa shape index (κ3) is 5.60. The fourth-order valence-corrected chi connectivity index (χ4v) is 5.58. The topological polar surface area (TPSA) is 39.9 Å². The van der Waals surface area contributed by atoms with Gasteiger partial charge >= 0.3 is 21.1 Å². The first kappa shape index (κ1) is 29.9. The van der Waals surface area contributed by atoms with Gasteiger partial charge in [0.1, 0.15) is 0 Å². The summed E-state index contributed by atoms with van der Waals surface area (Å²) in [5.74, 6) is 0. The van der Waals surface area contributed by atoms with Gasteiger partial charge in [-0.1, -0.05) is 94.6 Å². The molecule has 42 heavy (non-hydrogen) atoms. The van der Waals surface area contributed by atoms with E-state index in [1.54, 1.807) is 0 Å². The van der Waals surface area contributed by atoms with E-state index in [4.69, 9.17) is 15.0 Å². The van der Waals surface area contributed by atoms with E-state index < -0.39 is 0 Å². The molecule has 6 rings (SSSR count). The number of nitrogens with zero attached hydrogens (tertiary/aromatic N) is 3. The smallest absolute Gasteiger partial charge is 0.662 e. The zero-order chi connectivity index (χ0) is 29.1. The third-order valence-electron chi connectivity index (χ3n) is 7.87. The predicted molar refractivity (Wildman–Crippen MR) is 172 cm³/mol. The van der Waals surface area contributed by atoms with E-state index in [1.807, 2.05) is 25.3 Å². The molecule has 214 valence electrons. The van der Waals surface area contributed by atoms with Gasteiger partial charge in [-0.15, -0.1) is 35.3 Å². The van der Waals surface area contributed by atoms with E-state index in [0.29, 0.717) is 0 Å². The SMILES string of the molecule is Cc1cc(C)nc(-c2[c-]c(-c3cc(C(C)(C)C)cc4c3[n-]c3c(-c5ccccn5)cc(C(C)(C)C)cc34)ccc2)c1.[Pt+2].